The van der Waals surface area contributed by atoms with Crippen molar-refractivity contribution in [3.05, 3.63) is 11.9 Å². The Bertz CT molecular complexity index is 378. The lowest BCUT2D eigenvalue weighted by molar-refractivity contribution is 0.0204. The molecule has 4 heteroatoms. The molecule has 0 spiro atoms. The van der Waals surface area contributed by atoms with Crippen molar-refractivity contribution in [2.45, 2.75) is 45.3 Å². The van der Waals surface area contributed by atoms with Gasteiger partial charge in [0, 0.05) is 6.04 Å². The summed E-state index contributed by atoms with van der Waals surface area (Å²) in [7, 11) is 1.62. The lowest BCUT2D eigenvalue weighted by Gasteiger charge is -2.26. The van der Waals surface area contributed by atoms with E-state index in [-0.39, 0.29) is 6.04 Å². The van der Waals surface area contributed by atoms with Crippen LogP contribution in [-0.4, -0.2) is 22.0 Å². The highest BCUT2D eigenvalue weighted by atomic mass is 16.5. The molecule has 0 saturated heterocycles. The molecule has 1 aromatic rings. The lowest BCUT2D eigenvalue weighted by atomic mass is 9.95. The minimum atomic E-state index is -0.827. The first-order chi connectivity index (χ1) is 7.48. The third kappa shape index (κ3) is 1.71. The quantitative estimate of drug-likeness (QED) is 0.852. The number of aliphatic hydroxyl groups is 1. The number of hydrogen-bond acceptors (Lipinski definition) is 3. The van der Waals surface area contributed by atoms with Crippen LogP contribution in [0, 0.1) is 5.92 Å². The first kappa shape index (κ1) is 11.5. The van der Waals surface area contributed by atoms with Gasteiger partial charge in [-0.2, -0.15) is 5.10 Å². The number of hydrogen-bond donors (Lipinski definition) is 1. The van der Waals surface area contributed by atoms with Crippen LogP contribution in [0.25, 0.3) is 0 Å². The van der Waals surface area contributed by atoms with Crippen molar-refractivity contribution in [1.29, 1.82) is 0 Å². The Balaban J connectivity index is 2.47. The lowest BCUT2D eigenvalue weighted by Crippen LogP contribution is -2.29. The minimum Gasteiger partial charge on any atom is -0.493 e. The molecule has 1 fully saturated rings. The van der Waals surface area contributed by atoms with Crippen molar-refractivity contribution in [3.8, 4) is 5.75 Å². The van der Waals surface area contributed by atoms with Crippen LogP contribution in [0.1, 0.15) is 45.3 Å². The SMILES string of the molecule is COc1cnn(C(C)C)c1C(C)(O)C1CC1. The third-order valence-corrected chi connectivity index (χ3v) is 3.32. The molecule has 1 atom stereocenters. The molecule has 0 bridgehead atoms. The molecule has 4 nitrogen and oxygen atoms in total. The van der Waals surface area contributed by atoms with E-state index in [4.69, 9.17) is 4.74 Å². The van der Waals surface area contributed by atoms with Gasteiger partial charge in [0.25, 0.3) is 0 Å². The van der Waals surface area contributed by atoms with E-state index in [1.807, 2.05) is 11.6 Å². The van der Waals surface area contributed by atoms with Gasteiger partial charge in [-0.25, -0.2) is 0 Å². The van der Waals surface area contributed by atoms with E-state index in [0.717, 1.165) is 18.5 Å². The summed E-state index contributed by atoms with van der Waals surface area (Å²) >= 11 is 0. The van der Waals surface area contributed by atoms with Gasteiger partial charge >= 0.3 is 0 Å². The standard InChI is InChI=1S/C12H20N2O2/c1-8(2)14-11(10(16-4)7-13-14)12(3,15)9-5-6-9/h7-9,15H,5-6H2,1-4H3. The number of nitrogens with zero attached hydrogens (tertiary/aromatic N) is 2. The van der Waals surface area contributed by atoms with Gasteiger partial charge in [0.15, 0.2) is 5.75 Å². The minimum absolute atomic E-state index is 0.226. The Kier molecular flexibility index (Phi) is 2.70. The van der Waals surface area contributed by atoms with Crippen molar-refractivity contribution in [2.24, 2.45) is 5.92 Å². The zero-order chi connectivity index (χ0) is 11.9. The summed E-state index contributed by atoms with van der Waals surface area (Å²) in [5, 5.41) is 14.9. The highest BCUT2D eigenvalue weighted by molar-refractivity contribution is 5.32. The summed E-state index contributed by atoms with van der Waals surface area (Å²) in [6.45, 7) is 5.97. The average Bonchev–Trinajstić information content (AvgIpc) is 2.96. The van der Waals surface area contributed by atoms with Gasteiger partial charge in [-0.1, -0.05) is 0 Å². The molecule has 1 aromatic heterocycles. The molecule has 1 N–H and O–H groups in total. The molecule has 16 heavy (non-hydrogen) atoms. The predicted molar refractivity (Wildman–Crippen MR) is 61.5 cm³/mol. The van der Waals surface area contributed by atoms with Crippen molar-refractivity contribution in [2.75, 3.05) is 7.11 Å². The third-order valence-electron chi connectivity index (χ3n) is 3.32. The van der Waals surface area contributed by atoms with E-state index in [9.17, 15) is 5.11 Å². The molecule has 0 aromatic carbocycles. The van der Waals surface area contributed by atoms with Gasteiger partial charge in [-0.15, -0.1) is 0 Å². The van der Waals surface area contributed by atoms with Crippen LogP contribution in [0.15, 0.2) is 6.20 Å². The van der Waals surface area contributed by atoms with E-state index in [2.05, 4.69) is 18.9 Å². The van der Waals surface area contributed by atoms with Crippen LogP contribution in [0.4, 0.5) is 0 Å². The molecular weight excluding hydrogens is 204 g/mol. The normalized spacial score (nSPS) is 19.9. The molecule has 90 valence electrons. The number of methoxy groups -OCH3 is 1. The number of rotatable bonds is 4. The summed E-state index contributed by atoms with van der Waals surface area (Å²) in [4.78, 5) is 0. The highest BCUT2D eigenvalue weighted by Crippen LogP contribution is 2.48. The number of ether oxygens (including phenoxy) is 1. The summed E-state index contributed by atoms with van der Waals surface area (Å²) in [5.74, 6) is 1.03. The number of aromatic nitrogens is 2. The van der Waals surface area contributed by atoms with Crippen molar-refractivity contribution >= 4 is 0 Å². The monoisotopic (exact) mass is 224 g/mol. The van der Waals surface area contributed by atoms with E-state index < -0.39 is 5.60 Å². The van der Waals surface area contributed by atoms with Crippen LogP contribution in [-0.2, 0) is 5.60 Å². The molecule has 0 radical (unpaired) electrons. The van der Waals surface area contributed by atoms with Gasteiger partial charge in [0.05, 0.1) is 13.3 Å². The Hall–Kier alpha value is -1.03. The second-order valence-corrected chi connectivity index (χ2v) is 5.02. The Morgan fingerprint density at radius 2 is 2.19 bits per heavy atom. The van der Waals surface area contributed by atoms with Crippen molar-refractivity contribution in [3.63, 3.8) is 0 Å². The topological polar surface area (TPSA) is 47.3 Å². The van der Waals surface area contributed by atoms with E-state index in [0.29, 0.717) is 11.7 Å². The maximum atomic E-state index is 10.6. The first-order valence-corrected chi connectivity index (χ1v) is 5.82. The smallest absolute Gasteiger partial charge is 0.162 e. The van der Waals surface area contributed by atoms with Gasteiger partial charge < -0.3 is 9.84 Å². The van der Waals surface area contributed by atoms with E-state index in [1.165, 1.54) is 0 Å². The fraction of sp³-hybridized carbons (Fsp3) is 0.750. The summed E-state index contributed by atoms with van der Waals surface area (Å²) in [6, 6.07) is 0.226. The van der Waals surface area contributed by atoms with Crippen LogP contribution < -0.4 is 4.74 Å². The van der Waals surface area contributed by atoms with Crippen molar-refractivity contribution in [1.82, 2.24) is 9.78 Å². The predicted octanol–water partition coefficient (Wildman–Crippen LogP) is 2.09. The molecule has 1 aliphatic rings. The maximum Gasteiger partial charge on any atom is 0.162 e. The van der Waals surface area contributed by atoms with Gasteiger partial charge in [-0.05, 0) is 39.5 Å². The van der Waals surface area contributed by atoms with Crippen molar-refractivity contribution < 1.29 is 9.84 Å². The second kappa shape index (κ2) is 3.77. The maximum absolute atomic E-state index is 10.6. The summed E-state index contributed by atoms with van der Waals surface area (Å²) < 4.78 is 7.16. The van der Waals surface area contributed by atoms with E-state index >= 15 is 0 Å². The van der Waals surface area contributed by atoms with Crippen LogP contribution >= 0.6 is 0 Å². The zero-order valence-electron chi connectivity index (χ0n) is 10.4. The molecular formula is C12H20N2O2. The molecule has 1 aliphatic carbocycles. The van der Waals surface area contributed by atoms with Crippen LogP contribution in [0.2, 0.25) is 0 Å². The van der Waals surface area contributed by atoms with Crippen LogP contribution in [0.3, 0.4) is 0 Å². The largest absolute Gasteiger partial charge is 0.493 e. The molecule has 1 saturated carbocycles. The molecule has 0 aliphatic heterocycles. The molecule has 1 unspecified atom stereocenters. The van der Waals surface area contributed by atoms with Gasteiger partial charge in [0.1, 0.15) is 11.3 Å². The van der Waals surface area contributed by atoms with E-state index in [1.54, 1.807) is 13.3 Å². The molecule has 2 rings (SSSR count). The first-order valence-electron chi connectivity index (χ1n) is 5.82. The Morgan fingerprint density at radius 3 is 2.62 bits per heavy atom. The molecule has 0 amide bonds. The fourth-order valence-electron chi connectivity index (χ4n) is 2.21. The summed E-state index contributed by atoms with van der Waals surface area (Å²) in [5.41, 5.74) is -0.0148. The Morgan fingerprint density at radius 1 is 1.56 bits per heavy atom. The fourth-order valence-corrected chi connectivity index (χ4v) is 2.21. The average molecular weight is 224 g/mol. The second-order valence-electron chi connectivity index (χ2n) is 5.02. The van der Waals surface area contributed by atoms with Crippen LogP contribution in [0.5, 0.6) is 5.75 Å². The van der Waals surface area contributed by atoms with Gasteiger partial charge in [-0.3, -0.25) is 4.68 Å². The van der Waals surface area contributed by atoms with Gasteiger partial charge in [0.2, 0.25) is 0 Å². The zero-order valence-corrected chi connectivity index (χ0v) is 10.4. The summed E-state index contributed by atoms with van der Waals surface area (Å²) in [6.07, 6.45) is 3.85. The highest BCUT2D eigenvalue weighted by Gasteiger charge is 2.45. The molecule has 1 heterocycles. The Labute approximate surface area is 96.2 Å².